The largest absolute Gasteiger partial charge is 0.326 e. The Kier molecular flexibility index (Phi) is 2.26. The number of carbonyl (C=O) groups excluding carboxylic acids is 1. The predicted molar refractivity (Wildman–Crippen MR) is 45.2 cm³/mol. The molecule has 0 aromatic heterocycles. The molecule has 11 heavy (non-hydrogen) atoms. The summed E-state index contributed by atoms with van der Waals surface area (Å²) in [5.74, 6) is -0.0684. The Morgan fingerprint density at radius 2 is 2.09 bits per heavy atom. The first-order valence-corrected chi connectivity index (χ1v) is 3.39. The molecule has 1 aromatic carbocycles. The Hall–Kier alpha value is -1.31. The van der Waals surface area contributed by atoms with Crippen molar-refractivity contribution in [2.45, 2.75) is 6.92 Å². The van der Waals surface area contributed by atoms with Crippen LogP contribution in [0.15, 0.2) is 24.3 Å². The molecule has 2 heteroatoms. The van der Waals surface area contributed by atoms with Crippen LogP contribution in [0.2, 0.25) is 0 Å². The van der Waals surface area contributed by atoms with Crippen molar-refractivity contribution < 1.29 is 4.79 Å². The van der Waals surface area contributed by atoms with Crippen molar-refractivity contribution in [3.05, 3.63) is 36.8 Å². The van der Waals surface area contributed by atoms with Gasteiger partial charge in [0, 0.05) is 12.6 Å². The standard InChI is InChI=1S/C9H10NO/c1-7-5-3-4-6-9(7)10-8(2)11/h3-6H,1H2,2H3,(H,10,11). The van der Waals surface area contributed by atoms with Crippen molar-refractivity contribution in [2.24, 2.45) is 0 Å². The fraction of sp³-hybridized carbons (Fsp3) is 0.111. The quantitative estimate of drug-likeness (QED) is 0.646. The van der Waals surface area contributed by atoms with Crippen LogP contribution in [0.1, 0.15) is 12.5 Å². The number of nitrogens with one attached hydrogen (secondary N) is 1. The highest BCUT2D eigenvalue weighted by molar-refractivity contribution is 5.89. The van der Waals surface area contributed by atoms with Crippen LogP contribution in [0.3, 0.4) is 0 Å². The summed E-state index contributed by atoms with van der Waals surface area (Å²) in [6, 6.07) is 7.42. The molecule has 1 radical (unpaired) electrons. The van der Waals surface area contributed by atoms with Crippen LogP contribution in [0.5, 0.6) is 0 Å². The molecule has 0 saturated heterocycles. The maximum atomic E-state index is 10.6. The number of hydrogen-bond donors (Lipinski definition) is 1. The van der Waals surface area contributed by atoms with E-state index in [0.717, 1.165) is 11.3 Å². The Labute approximate surface area is 66.2 Å². The number of rotatable bonds is 1. The summed E-state index contributed by atoms with van der Waals surface area (Å²) in [5, 5.41) is 2.67. The third-order valence-electron chi connectivity index (χ3n) is 1.33. The highest BCUT2D eigenvalue weighted by Gasteiger charge is 1.96. The van der Waals surface area contributed by atoms with E-state index >= 15 is 0 Å². The summed E-state index contributed by atoms with van der Waals surface area (Å²) < 4.78 is 0. The topological polar surface area (TPSA) is 29.1 Å². The monoisotopic (exact) mass is 148 g/mol. The Morgan fingerprint density at radius 3 is 2.64 bits per heavy atom. The second-order valence-corrected chi connectivity index (χ2v) is 2.34. The molecule has 1 N–H and O–H groups in total. The smallest absolute Gasteiger partial charge is 0.221 e. The minimum atomic E-state index is -0.0684. The molecule has 0 atom stereocenters. The maximum Gasteiger partial charge on any atom is 0.221 e. The summed E-state index contributed by atoms with van der Waals surface area (Å²) in [7, 11) is 0. The van der Waals surface area contributed by atoms with Crippen molar-refractivity contribution in [2.75, 3.05) is 5.32 Å². The van der Waals surface area contributed by atoms with E-state index < -0.39 is 0 Å². The summed E-state index contributed by atoms with van der Waals surface area (Å²) in [5.41, 5.74) is 1.61. The lowest BCUT2D eigenvalue weighted by molar-refractivity contribution is -0.114. The molecule has 1 amide bonds. The van der Waals surface area contributed by atoms with Gasteiger partial charge in [-0.05, 0) is 18.6 Å². The predicted octanol–water partition coefficient (Wildman–Crippen LogP) is 1.83. The van der Waals surface area contributed by atoms with Crippen LogP contribution in [0.25, 0.3) is 0 Å². The zero-order valence-electron chi connectivity index (χ0n) is 6.42. The van der Waals surface area contributed by atoms with Crippen molar-refractivity contribution in [3.63, 3.8) is 0 Å². The first-order valence-electron chi connectivity index (χ1n) is 3.39. The molecule has 0 aliphatic heterocycles. The molecule has 0 heterocycles. The highest BCUT2D eigenvalue weighted by Crippen LogP contribution is 2.12. The number of benzene rings is 1. The Morgan fingerprint density at radius 1 is 1.45 bits per heavy atom. The van der Waals surface area contributed by atoms with Gasteiger partial charge in [0.25, 0.3) is 0 Å². The minimum absolute atomic E-state index is 0.0684. The molecule has 0 fully saturated rings. The van der Waals surface area contributed by atoms with Crippen LogP contribution >= 0.6 is 0 Å². The SMILES string of the molecule is [CH2]c1ccccc1NC(C)=O. The van der Waals surface area contributed by atoms with Gasteiger partial charge in [0.1, 0.15) is 0 Å². The van der Waals surface area contributed by atoms with E-state index in [1.807, 2.05) is 24.3 Å². The molecule has 0 bridgehead atoms. The molecule has 0 aliphatic rings. The zero-order chi connectivity index (χ0) is 8.27. The van der Waals surface area contributed by atoms with Gasteiger partial charge in [-0.1, -0.05) is 18.2 Å². The number of anilines is 1. The summed E-state index contributed by atoms with van der Waals surface area (Å²) in [4.78, 5) is 10.6. The molecule has 1 aromatic rings. The van der Waals surface area contributed by atoms with Gasteiger partial charge in [-0.2, -0.15) is 0 Å². The molecule has 0 spiro atoms. The highest BCUT2D eigenvalue weighted by atomic mass is 16.1. The number of hydrogen-bond acceptors (Lipinski definition) is 1. The van der Waals surface area contributed by atoms with Gasteiger partial charge in [0.2, 0.25) is 5.91 Å². The fourth-order valence-electron chi connectivity index (χ4n) is 0.832. The molecule has 0 unspecified atom stereocenters. The van der Waals surface area contributed by atoms with E-state index in [1.165, 1.54) is 6.92 Å². The van der Waals surface area contributed by atoms with E-state index in [2.05, 4.69) is 12.2 Å². The van der Waals surface area contributed by atoms with Gasteiger partial charge >= 0.3 is 0 Å². The van der Waals surface area contributed by atoms with Crippen molar-refractivity contribution in [1.82, 2.24) is 0 Å². The van der Waals surface area contributed by atoms with Crippen LogP contribution in [-0.4, -0.2) is 5.91 Å². The van der Waals surface area contributed by atoms with Gasteiger partial charge in [0.05, 0.1) is 0 Å². The summed E-state index contributed by atoms with van der Waals surface area (Å²) >= 11 is 0. The Bertz CT molecular complexity index is 268. The van der Waals surface area contributed by atoms with Gasteiger partial charge < -0.3 is 5.32 Å². The third kappa shape index (κ3) is 2.08. The molecule has 2 nitrogen and oxygen atoms in total. The zero-order valence-corrected chi connectivity index (χ0v) is 6.42. The van der Waals surface area contributed by atoms with Gasteiger partial charge in [-0.15, -0.1) is 0 Å². The summed E-state index contributed by atoms with van der Waals surface area (Å²) in [6.45, 7) is 5.24. The molecule has 57 valence electrons. The number of carbonyl (C=O) groups is 1. The van der Waals surface area contributed by atoms with Crippen molar-refractivity contribution >= 4 is 11.6 Å². The van der Waals surface area contributed by atoms with Crippen LogP contribution in [0.4, 0.5) is 5.69 Å². The first-order chi connectivity index (χ1) is 5.20. The maximum absolute atomic E-state index is 10.6. The van der Waals surface area contributed by atoms with E-state index in [1.54, 1.807) is 0 Å². The minimum Gasteiger partial charge on any atom is -0.326 e. The van der Waals surface area contributed by atoms with Crippen molar-refractivity contribution in [1.29, 1.82) is 0 Å². The van der Waals surface area contributed by atoms with Crippen LogP contribution in [-0.2, 0) is 4.79 Å². The van der Waals surface area contributed by atoms with Crippen LogP contribution in [0, 0.1) is 6.92 Å². The van der Waals surface area contributed by atoms with Gasteiger partial charge in [-0.3, -0.25) is 4.79 Å². The number of para-hydroxylation sites is 1. The van der Waals surface area contributed by atoms with Crippen molar-refractivity contribution in [3.8, 4) is 0 Å². The summed E-state index contributed by atoms with van der Waals surface area (Å²) in [6.07, 6.45) is 0. The lowest BCUT2D eigenvalue weighted by atomic mass is 10.2. The molecule has 1 rings (SSSR count). The molecular weight excluding hydrogens is 138 g/mol. The van der Waals surface area contributed by atoms with Crippen LogP contribution < -0.4 is 5.32 Å². The van der Waals surface area contributed by atoms with Gasteiger partial charge in [0.15, 0.2) is 0 Å². The molecule has 0 aliphatic carbocycles. The van der Waals surface area contributed by atoms with Gasteiger partial charge in [-0.25, -0.2) is 0 Å². The first kappa shape index (κ1) is 7.79. The van der Waals surface area contributed by atoms with E-state index in [9.17, 15) is 4.79 Å². The molecule has 0 saturated carbocycles. The molecular formula is C9H10NO. The Balaban J connectivity index is 2.86. The van der Waals surface area contributed by atoms with E-state index in [0.29, 0.717) is 0 Å². The van der Waals surface area contributed by atoms with E-state index in [4.69, 9.17) is 0 Å². The second-order valence-electron chi connectivity index (χ2n) is 2.34. The normalized spacial score (nSPS) is 9.27. The fourth-order valence-corrected chi connectivity index (χ4v) is 0.832. The third-order valence-corrected chi connectivity index (χ3v) is 1.33. The average Bonchev–Trinajstić information content (AvgIpc) is 1.93. The number of amides is 1. The second kappa shape index (κ2) is 3.19. The lowest BCUT2D eigenvalue weighted by Crippen LogP contribution is -2.06. The average molecular weight is 148 g/mol. The van der Waals surface area contributed by atoms with E-state index in [-0.39, 0.29) is 5.91 Å². The lowest BCUT2D eigenvalue weighted by Gasteiger charge is -2.03.